The number of rotatable bonds is 7. The lowest BCUT2D eigenvalue weighted by atomic mass is 10.2. The summed E-state index contributed by atoms with van der Waals surface area (Å²) in [5, 5.41) is 0. The molecule has 0 N–H and O–H groups in total. The lowest BCUT2D eigenvalue weighted by molar-refractivity contribution is -0.122. The molecular formula is C22H24IN3O5S. The summed E-state index contributed by atoms with van der Waals surface area (Å²) < 4.78 is 34.6. The molecule has 170 valence electrons. The lowest BCUT2D eigenvalue weighted by Crippen LogP contribution is -2.49. The number of hydrogen-bond acceptors (Lipinski definition) is 6. The summed E-state index contributed by atoms with van der Waals surface area (Å²) in [5.74, 6) is -0.918. The second-order valence-corrected chi connectivity index (χ2v) is 10.8. The van der Waals surface area contributed by atoms with Crippen LogP contribution >= 0.6 is 22.6 Å². The molecule has 0 radical (unpaired) electrons. The van der Waals surface area contributed by atoms with Gasteiger partial charge in [0, 0.05) is 29.7 Å². The van der Waals surface area contributed by atoms with E-state index in [0.29, 0.717) is 38.5 Å². The number of imide groups is 1. The third kappa shape index (κ3) is 4.88. The third-order valence-electron chi connectivity index (χ3n) is 5.65. The summed E-state index contributed by atoms with van der Waals surface area (Å²) >= 11 is 2.14. The summed E-state index contributed by atoms with van der Waals surface area (Å²) in [7, 11) is -3.98. The molecule has 0 bridgehead atoms. The molecule has 2 aromatic carbocycles. The molecule has 10 heteroatoms. The van der Waals surface area contributed by atoms with Gasteiger partial charge < -0.3 is 4.74 Å². The van der Waals surface area contributed by atoms with Gasteiger partial charge in [0.15, 0.2) is 0 Å². The van der Waals surface area contributed by atoms with E-state index >= 15 is 0 Å². The van der Waals surface area contributed by atoms with Gasteiger partial charge in [-0.15, -0.1) is 0 Å². The van der Waals surface area contributed by atoms with Gasteiger partial charge in [0.05, 0.1) is 30.2 Å². The van der Waals surface area contributed by atoms with Gasteiger partial charge in [0.1, 0.15) is 6.04 Å². The fourth-order valence-corrected chi connectivity index (χ4v) is 5.89. The molecule has 4 rings (SSSR count). The molecule has 2 heterocycles. The molecule has 2 saturated heterocycles. The molecule has 2 aliphatic heterocycles. The fraction of sp³-hybridized carbons (Fsp3) is 0.364. The van der Waals surface area contributed by atoms with Crippen LogP contribution in [0.2, 0.25) is 0 Å². The Morgan fingerprint density at radius 3 is 2.31 bits per heavy atom. The van der Waals surface area contributed by atoms with Crippen LogP contribution in [0.3, 0.4) is 0 Å². The maximum atomic E-state index is 13.5. The van der Waals surface area contributed by atoms with E-state index in [1.54, 1.807) is 42.5 Å². The molecule has 2 amide bonds. The standard InChI is InChI=1S/C22H24IN3O5S/c23-17-6-8-18(9-7-17)26-21(27)16-20(22(26)28)25(11-10-24-12-14-31-15-13-24)32(29,30)19-4-2-1-3-5-19/h1-9,20H,10-16H2. The Balaban J connectivity index is 1.63. The van der Waals surface area contributed by atoms with Gasteiger partial charge in [-0.05, 0) is 59.0 Å². The molecule has 2 aliphatic rings. The SMILES string of the molecule is O=C1CC(N(CCN2CCOCC2)S(=O)(=O)c2ccccc2)C(=O)N1c1ccc(I)cc1. The highest BCUT2D eigenvalue weighted by molar-refractivity contribution is 14.1. The topological polar surface area (TPSA) is 87.2 Å². The number of ether oxygens (including phenoxy) is 1. The van der Waals surface area contributed by atoms with E-state index in [0.717, 1.165) is 8.47 Å². The summed E-state index contributed by atoms with van der Waals surface area (Å²) in [4.78, 5) is 29.5. The highest BCUT2D eigenvalue weighted by atomic mass is 127. The van der Waals surface area contributed by atoms with Crippen molar-refractivity contribution in [1.29, 1.82) is 0 Å². The van der Waals surface area contributed by atoms with Crippen LogP contribution in [0, 0.1) is 3.57 Å². The number of sulfonamides is 1. The summed E-state index contributed by atoms with van der Waals surface area (Å²) in [5.41, 5.74) is 0.452. The Kier molecular flexibility index (Phi) is 7.25. The quantitative estimate of drug-likeness (QED) is 0.375. The number of carbonyl (C=O) groups excluding carboxylic acids is 2. The van der Waals surface area contributed by atoms with E-state index < -0.39 is 27.9 Å². The monoisotopic (exact) mass is 569 g/mol. The van der Waals surface area contributed by atoms with Gasteiger partial charge >= 0.3 is 0 Å². The first kappa shape index (κ1) is 23.3. The smallest absolute Gasteiger partial charge is 0.252 e. The first-order chi connectivity index (χ1) is 15.4. The molecule has 8 nitrogen and oxygen atoms in total. The Hall–Kier alpha value is -1.86. The van der Waals surface area contributed by atoms with Crippen LogP contribution in [-0.2, 0) is 24.3 Å². The van der Waals surface area contributed by atoms with Crippen LogP contribution in [0.15, 0.2) is 59.5 Å². The zero-order chi connectivity index (χ0) is 22.7. The molecule has 32 heavy (non-hydrogen) atoms. The van der Waals surface area contributed by atoms with Crippen molar-refractivity contribution in [2.24, 2.45) is 0 Å². The number of benzene rings is 2. The van der Waals surface area contributed by atoms with Crippen LogP contribution in [0.4, 0.5) is 5.69 Å². The van der Waals surface area contributed by atoms with Crippen molar-refractivity contribution in [1.82, 2.24) is 9.21 Å². The fourth-order valence-electron chi connectivity index (χ4n) is 3.94. The number of carbonyl (C=O) groups is 2. The minimum Gasteiger partial charge on any atom is -0.379 e. The minimum absolute atomic E-state index is 0.106. The van der Waals surface area contributed by atoms with E-state index in [1.165, 1.54) is 16.4 Å². The van der Waals surface area contributed by atoms with Crippen molar-refractivity contribution in [2.75, 3.05) is 44.3 Å². The molecular weight excluding hydrogens is 545 g/mol. The number of nitrogens with zero attached hydrogens (tertiary/aromatic N) is 3. The van der Waals surface area contributed by atoms with Crippen molar-refractivity contribution in [3.8, 4) is 0 Å². The third-order valence-corrected chi connectivity index (χ3v) is 8.29. The molecule has 2 fully saturated rings. The van der Waals surface area contributed by atoms with E-state index in [-0.39, 0.29) is 17.9 Å². The highest BCUT2D eigenvalue weighted by Gasteiger charge is 2.46. The first-order valence-corrected chi connectivity index (χ1v) is 12.9. The molecule has 0 saturated carbocycles. The van der Waals surface area contributed by atoms with Crippen molar-refractivity contribution < 1.29 is 22.7 Å². The zero-order valence-electron chi connectivity index (χ0n) is 17.4. The summed E-state index contributed by atoms with van der Waals surface area (Å²) in [6, 6.07) is 14.0. The van der Waals surface area contributed by atoms with Crippen LogP contribution in [0.25, 0.3) is 0 Å². The molecule has 0 spiro atoms. The first-order valence-electron chi connectivity index (χ1n) is 10.4. The van der Waals surface area contributed by atoms with Gasteiger partial charge in [-0.25, -0.2) is 13.3 Å². The number of halogens is 1. The predicted molar refractivity (Wildman–Crippen MR) is 128 cm³/mol. The van der Waals surface area contributed by atoms with Crippen LogP contribution in [-0.4, -0.2) is 74.9 Å². The second kappa shape index (κ2) is 9.96. The van der Waals surface area contributed by atoms with E-state index in [9.17, 15) is 18.0 Å². The predicted octanol–water partition coefficient (Wildman–Crippen LogP) is 1.95. The molecule has 2 aromatic rings. The number of hydrogen-bond donors (Lipinski definition) is 0. The van der Waals surface area contributed by atoms with Gasteiger partial charge in [-0.1, -0.05) is 18.2 Å². The van der Waals surface area contributed by atoms with Crippen molar-refractivity contribution in [2.45, 2.75) is 17.4 Å². The average Bonchev–Trinajstić information content (AvgIpc) is 3.09. The van der Waals surface area contributed by atoms with Crippen LogP contribution < -0.4 is 4.90 Å². The number of anilines is 1. The zero-order valence-corrected chi connectivity index (χ0v) is 20.4. The van der Waals surface area contributed by atoms with Gasteiger partial charge in [0.2, 0.25) is 15.9 Å². The number of morpholine rings is 1. The Morgan fingerprint density at radius 2 is 1.66 bits per heavy atom. The summed E-state index contributed by atoms with van der Waals surface area (Å²) in [6.45, 7) is 3.15. The Bertz CT molecular complexity index is 1070. The van der Waals surface area contributed by atoms with E-state index in [2.05, 4.69) is 27.5 Å². The maximum Gasteiger partial charge on any atom is 0.252 e. The van der Waals surface area contributed by atoms with Crippen LogP contribution in [0.1, 0.15) is 6.42 Å². The van der Waals surface area contributed by atoms with Gasteiger partial charge in [-0.2, -0.15) is 4.31 Å². The molecule has 0 aliphatic carbocycles. The van der Waals surface area contributed by atoms with Crippen LogP contribution in [0.5, 0.6) is 0 Å². The normalized spacial score (nSPS) is 20.3. The van der Waals surface area contributed by atoms with E-state index in [1.807, 2.05) is 0 Å². The highest BCUT2D eigenvalue weighted by Crippen LogP contribution is 2.29. The average molecular weight is 569 g/mol. The molecule has 1 unspecified atom stereocenters. The summed E-state index contributed by atoms with van der Waals surface area (Å²) in [6.07, 6.45) is -0.181. The van der Waals surface area contributed by atoms with Crippen molar-refractivity contribution >= 4 is 50.1 Å². The van der Waals surface area contributed by atoms with Crippen molar-refractivity contribution in [3.63, 3.8) is 0 Å². The molecule has 0 aromatic heterocycles. The maximum absolute atomic E-state index is 13.5. The Morgan fingerprint density at radius 1 is 1.00 bits per heavy atom. The van der Waals surface area contributed by atoms with Gasteiger partial charge in [-0.3, -0.25) is 14.5 Å². The lowest BCUT2D eigenvalue weighted by Gasteiger charge is -2.31. The second-order valence-electron chi connectivity index (χ2n) is 7.65. The minimum atomic E-state index is -3.98. The number of amides is 2. The largest absolute Gasteiger partial charge is 0.379 e. The van der Waals surface area contributed by atoms with E-state index in [4.69, 9.17) is 4.74 Å². The van der Waals surface area contributed by atoms with Crippen molar-refractivity contribution in [3.05, 3.63) is 58.2 Å². The van der Waals surface area contributed by atoms with Gasteiger partial charge in [0.25, 0.3) is 5.91 Å². The Labute approximate surface area is 201 Å². The molecule has 1 atom stereocenters.